The Kier molecular flexibility index (Phi) is 11.4. The Morgan fingerprint density at radius 1 is 1.36 bits per heavy atom. The number of hydrogen-bond acceptors (Lipinski definition) is 6. The summed E-state index contributed by atoms with van der Waals surface area (Å²) in [6, 6.07) is 0. The van der Waals surface area contributed by atoms with Crippen LogP contribution < -0.4 is 10.2 Å². The zero-order valence-electron chi connectivity index (χ0n) is 5.39. The molecule has 0 saturated heterocycles. The molecule has 6 nitrogen and oxygen atoms in total. The van der Waals surface area contributed by atoms with Gasteiger partial charge in [-0.2, -0.15) is 0 Å². The van der Waals surface area contributed by atoms with Crippen molar-refractivity contribution in [2.75, 3.05) is 0 Å². The van der Waals surface area contributed by atoms with Gasteiger partial charge in [-0.25, -0.2) is 0 Å². The molecule has 11 heavy (non-hydrogen) atoms. The Bertz CT molecular complexity index is 135. The fraction of sp³-hybridized carbons (Fsp3) is 0.500. The minimum Gasteiger partial charge on any atom is -0.870 e. The fourth-order valence-corrected chi connectivity index (χ4v) is 0.241. The summed E-state index contributed by atoms with van der Waals surface area (Å²) in [5.74, 6) is -3.43. The Labute approximate surface area is 72.9 Å². The van der Waals surface area contributed by atoms with Crippen molar-refractivity contribution in [3.8, 4) is 0 Å². The summed E-state index contributed by atoms with van der Waals surface area (Å²) in [6.45, 7) is 0. The molecule has 1 unspecified atom stereocenters. The largest absolute Gasteiger partial charge is 3.00 e. The van der Waals surface area contributed by atoms with E-state index in [9.17, 15) is 19.8 Å². The van der Waals surface area contributed by atoms with Crippen molar-refractivity contribution in [3.05, 3.63) is 0 Å². The quantitative estimate of drug-likeness (QED) is 0.432. The van der Waals surface area contributed by atoms with Gasteiger partial charge in [0, 0.05) is 12.4 Å². The van der Waals surface area contributed by atoms with Gasteiger partial charge in [0.05, 0.1) is 12.1 Å². The van der Waals surface area contributed by atoms with E-state index in [1.54, 1.807) is 0 Å². The average molecular weight is 176 g/mol. The van der Waals surface area contributed by atoms with Crippen molar-refractivity contribution in [2.45, 2.75) is 12.5 Å². The minimum absolute atomic E-state index is 0. The molecule has 0 rings (SSSR count). The topological polar surface area (TPSA) is 130 Å². The SMILES string of the molecule is O=C([O-])CC(O)C(=O)[O-].[Al+3].[OH-]. The Morgan fingerprint density at radius 2 is 1.73 bits per heavy atom. The second kappa shape index (κ2) is 7.50. The molecule has 7 heteroatoms. The molecule has 0 heterocycles. The number of aliphatic hydroxyl groups is 1. The first kappa shape index (κ1) is 16.8. The molecule has 2 N–H and O–H groups in total. The van der Waals surface area contributed by atoms with Crippen molar-refractivity contribution in [2.24, 2.45) is 0 Å². The second-order valence-electron chi connectivity index (χ2n) is 1.41. The van der Waals surface area contributed by atoms with Gasteiger partial charge in [0.1, 0.15) is 0 Å². The molecular formula is C4H5AlO6. The maximum atomic E-state index is 9.58. The van der Waals surface area contributed by atoms with Crippen molar-refractivity contribution in [3.63, 3.8) is 0 Å². The molecule has 0 aromatic carbocycles. The normalized spacial score (nSPS) is 10.3. The molecule has 0 aromatic heterocycles. The van der Waals surface area contributed by atoms with Crippen LogP contribution in [0.4, 0.5) is 0 Å². The Morgan fingerprint density at radius 3 is 1.82 bits per heavy atom. The fourth-order valence-electron chi connectivity index (χ4n) is 0.241. The molecule has 0 bridgehead atoms. The van der Waals surface area contributed by atoms with E-state index in [0.717, 1.165) is 0 Å². The summed E-state index contributed by atoms with van der Waals surface area (Å²) < 4.78 is 0. The molecule has 0 fully saturated rings. The predicted molar refractivity (Wildman–Crippen MR) is 28.3 cm³/mol. The third kappa shape index (κ3) is 9.39. The van der Waals surface area contributed by atoms with Gasteiger partial charge in [0.2, 0.25) is 0 Å². The third-order valence-corrected chi connectivity index (χ3v) is 0.632. The van der Waals surface area contributed by atoms with E-state index < -0.39 is 24.5 Å². The van der Waals surface area contributed by atoms with Gasteiger partial charge in [-0.1, -0.05) is 0 Å². The van der Waals surface area contributed by atoms with Crippen LogP contribution in [0.15, 0.2) is 0 Å². The first-order valence-corrected chi connectivity index (χ1v) is 2.13. The molecular weight excluding hydrogens is 171 g/mol. The van der Waals surface area contributed by atoms with E-state index in [2.05, 4.69) is 0 Å². The summed E-state index contributed by atoms with van der Waals surface area (Å²) >= 11 is 0. The molecule has 0 aliphatic carbocycles. The van der Waals surface area contributed by atoms with Crippen LogP contribution in [0.3, 0.4) is 0 Å². The van der Waals surface area contributed by atoms with Gasteiger partial charge in [-0.3, -0.25) is 0 Å². The number of carboxylic acid groups (broad SMARTS) is 2. The van der Waals surface area contributed by atoms with Crippen molar-refractivity contribution < 1.29 is 30.4 Å². The van der Waals surface area contributed by atoms with Crippen LogP contribution in [0.1, 0.15) is 6.42 Å². The summed E-state index contributed by atoms with van der Waals surface area (Å²) in [5.41, 5.74) is 0. The smallest absolute Gasteiger partial charge is 0.870 e. The first-order valence-electron chi connectivity index (χ1n) is 2.13. The Balaban J connectivity index is -0.000000320. The van der Waals surface area contributed by atoms with Gasteiger partial charge in [-0.05, 0) is 0 Å². The zero-order valence-corrected chi connectivity index (χ0v) is 6.54. The molecule has 0 aromatic rings. The number of carbonyl (C=O) groups is 2. The third-order valence-electron chi connectivity index (χ3n) is 0.632. The van der Waals surface area contributed by atoms with Gasteiger partial charge in [-0.15, -0.1) is 0 Å². The van der Waals surface area contributed by atoms with Crippen LogP contribution in [0.2, 0.25) is 0 Å². The van der Waals surface area contributed by atoms with Crippen LogP contribution in [0, 0.1) is 0 Å². The summed E-state index contributed by atoms with van der Waals surface area (Å²) in [6.07, 6.45) is -2.89. The van der Waals surface area contributed by atoms with Gasteiger partial charge >= 0.3 is 17.4 Å². The number of rotatable bonds is 3. The van der Waals surface area contributed by atoms with Gasteiger partial charge in [0.25, 0.3) is 0 Å². The summed E-state index contributed by atoms with van der Waals surface area (Å²) in [4.78, 5) is 19.1. The summed E-state index contributed by atoms with van der Waals surface area (Å²) in [5, 5.41) is 27.3. The summed E-state index contributed by atoms with van der Waals surface area (Å²) in [7, 11) is 0. The van der Waals surface area contributed by atoms with E-state index in [1.165, 1.54) is 0 Å². The van der Waals surface area contributed by atoms with E-state index in [-0.39, 0.29) is 22.8 Å². The van der Waals surface area contributed by atoms with Crippen LogP contribution in [0.5, 0.6) is 0 Å². The standard InChI is InChI=1S/C4H6O5.Al.H2O/c5-2(4(8)9)1-3(6)7;;/h2,5H,1H2,(H,6,7)(H,8,9);;1H2/q;+3;/p-3. The molecule has 0 aliphatic rings. The number of carbonyl (C=O) groups excluding carboxylic acids is 2. The maximum Gasteiger partial charge on any atom is 3.00 e. The number of aliphatic hydroxyl groups excluding tert-OH is 1. The number of hydrogen-bond donors (Lipinski definition) is 1. The molecule has 0 amide bonds. The predicted octanol–water partition coefficient (Wildman–Crippen LogP) is -4.32. The van der Waals surface area contributed by atoms with Crippen LogP contribution in [-0.4, -0.2) is 46.0 Å². The zero-order chi connectivity index (χ0) is 7.44. The van der Waals surface area contributed by atoms with Crippen molar-refractivity contribution in [1.29, 1.82) is 0 Å². The molecule has 0 saturated carbocycles. The van der Waals surface area contributed by atoms with E-state index in [1.807, 2.05) is 0 Å². The van der Waals surface area contributed by atoms with Crippen molar-refractivity contribution in [1.82, 2.24) is 0 Å². The van der Waals surface area contributed by atoms with E-state index in [4.69, 9.17) is 5.11 Å². The van der Waals surface area contributed by atoms with E-state index >= 15 is 0 Å². The van der Waals surface area contributed by atoms with Crippen LogP contribution in [-0.2, 0) is 9.59 Å². The minimum atomic E-state index is -1.96. The van der Waals surface area contributed by atoms with Crippen LogP contribution >= 0.6 is 0 Å². The van der Waals surface area contributed by atoms with Crippen molar-refractivity contribution >= 4 is 29.3 Å². The maximum absolute atomic E-state index is 9.58. The molecule has 0 aliphatic heterocycles. The number of carboxylic acids is 2. The molecule has 0 spiro atoms. The Hall–Kier alpha value is -0.608. The molecule has 0 radical (unpaired) electrons. The monoisotopic (exact) mass is 176 g/mol. The van der Waals surface area contributed by atoms with E-state index in [0.29, 0.717) is 0 Å². The second-order valence-corrected chi connectivity index (χ2v) is 1.41. The van der Waals surface area contributed by atoms with Gasteiger partial charge < -0.3 is 30.4 Å². The number of aliphatic carboxylic acids is 2. The first-order chi connectivity index (χ1) is 4.04. The van der Waals surface area contributed by atoms with Crippen LogP contribution in [0.25, 0.3) is 0 Å². The van der Waals surface area contributed by atoms with Gasteiger partial charge in [0.15, 0.2) is 0 Å². The molecule has 60 valence electrons. The molecule has 1 atom stereocenters. The average Bonchev–Trinajstić information content (AvgIpc) is 1.63.